The summed E-state index contributed by atoms with van der Waals surface area (Å²) >= 11 is 0. The van der Waals surface area contributed by atoms with Crippen molar-refractivity contribution in [3.63, 3.8) is 0 Å². The molecule has 0 aromatic heterocycles. The molecule has 6 nitrogen and oxygen atoms in total. The van der Waals surface area contributed by atoms with Crippen LogP contribution < -0.4 is 0 Å². The highest BCUT2D eigenvalue weighted by Crippen LogP contribution is 2.41. The molecule has 1 fully saturated rings. The monoisotopic (exact) mass is 538 g/mol. The molecule has 1 saturated heterocycles. The summed E-state index contributed by atoms with van der Waals surface area (Å²) in [4.78, 5) is 0. The molecule has 206 valence electrons. The van der Waals surface area contributed by atoms with Gasteiger partial charge in [0.1, 0.15) is 30.0 Å². The highest BCUT2D eigenvalue weighted by Gasteiger charge is 2.49. The third kappa shape index (κ3) is 5.10. The average Bonchev–Trinajstić information content (AvgIpc) is 3.01. The van der Waals surface area contributed by atoms with E-state index in [9.17, 15) is 5.11 Å². The Morgan fingerprint density at radius 2 is 1.12 bits per heavy atom. The number of fused-ring (bicyclic) bond motifs is 2. The van der Waals surface area contributed by atoms with Gasteiger partial charge in [-0.15, -0.1) is 0 Å². The summed E-state index contributed by atoms with van der Waals surface area (Å²) in [7, 11) is 1.52. The van der Waals surface area contributed by atoms with Gasteiger partial charge in [0.05, 0.1) is 19.8 Å². The first-order chi connectivity index (χ1) is 19.7. The number of methoxy groups -OCH3 is 1. The largest absolute Gasteiger partial charge is 0.385 e. The molecule has 0 saturated carbocycles. The van der Waals surface area contributed by atoms with Gasteiger partial charge >= 0.3 is 0 Å². The Labute approximate surface area is 235 Å². The van der Waals surface area contributed by atoms with E-state index in [0.29, 0.717) is 13.2 Å². The third-order valence-corrected chi connectivity index (χ3v) is 7.83. The van der Waals surface area contributed by atoms with Crippen LogP contribution in [0.5, 0.6) is 0 Å². The van der Waals surface area contributed by atoms with Crippen molar-refractivity contribution in [2.75, 3.05) is 13.7 Å². The number of rotatable bonds is 7. The Balaban J connectivity index is 1.38. The van der Waals surface area contributed by atoms with E-state index in [4.69, 9.17) is 23.7 Å². The van der Waals surface area contributed by atoms with Gasteiger partial charge in [-0.3, -0.25) is 0 Å². The number of hydrogen-bond donors (Lipinski definition) is 1. The number of ether oxygens (including phenoxy) is 5. The van der Waals surface area contributed by atoms with Gasteiger partial charge in [0, 0.05) is 7.11 Å². The maximum Gasteiger partial charge on any atom is 0.186 e. The minimum Gasteiger partial charge on any atom is -0.385 e. The topological polar surface area (TPSA) is 66.4 Å². The minimum absolute atomic E-state index is 0.164. The molecule has 1 N–H and O–H groups in total. The Bertz CT molecular complexity index is 1270. The molecule has 0 spiro atoms. The van der Waals surface area contributed by atoms with Crippen molar-refractivity contribution >= 4 is 0 Å². The lowest BCUT2D eigenvalue weighted by Gasteiger charge is -2.46. The van der Waals surface area contributed by atoms with Crippen LogP contribution in [0, 0.1) is 0 Å². The first-order valence-electron chi connectivity index (χ1n) is 13.7. The van der Waals surface area contributed by atoms with Crippen LogP contribution in [-0.4, -0.2) is 49.5 Å². The summed E-state index contributed by atoms with van der Waals surface area (Å²) in [5, 5.41) is 11.1. The quantitative estimate of drug-likeness (QED) is 0.326. The molecule has 2 aliphatic heterocycles. The van der Waals surface area contributed by atoms with Crippen molar-refractivity contribution < 1.29 is 28.8 Å². The Hall–Kier alpha value is -3.36. The number of benzene rings is 4. The maximum absolute atomic E-state index is 11.1. The molecular formula is C34H34O6. The number of aliphatic hydroxyl groups excluding tert-OH is 1. The predicted molar refractivity (Wildman–Crippen MR) is 150 cm³/mol. The van der Waals surface area contributed by atoms with Crippen LogP contribution in [0.3, 0.4) is 0 Å². The SMILES string of the molecule is CO[C@@H]1O[C@H](COC(c2ccccc2)(c2ccccc2)c2ccccc2)[C@H]2OCc3ccccc3CO[C@@H]2[C@H]1O. The van der Waals surface area contributed by atoms with Crippen LogP contribution in [0.2, 0.25) is 0 Å². The molecule has 5 atom stereocenters. The van der Waals surface area contributed by atoms with E-state index in [-0.39, 0.29) is 6.61 Å². The Morgan fingerprint density at radius 1 is 0.675 bits per heavy atom. The van der Waals surface area contributed by atoms with Crippen molar-refractivity contribution in [2.24, 2.45) is 0 Å². The first kappa shape index (κ1) is 26.8. The number of hydrogen-bond acceptors (Lipinski definition) is 6. The molecule has 40 heavy (non-hydrogen) atoms. The van der Waals surface area contributed by atoms with Gasteiger partial charge < -0.3 is 28.8 Å². The van der Waals surface area contributed by atoms with Crippen LogP contribution in [-0.2, 0) is 42.5 Å². The van der Waals surface area contributed by atoms with Crippen LogP contribution in [0.4, 0.5) is 0 Å². The Kier molecular flexibility index (Phi) is 8.07. The second-order valence-electron chi connectivity index (χ2n) is 10.2. The summed E-state index contributed by atoms with van der Waals surface area (Å²) in [6, 6.07) is 38.6. The van der Waals surface area contributed by atoms with Gasteiger partial charge in [0.2, 0.25) is 0 Å². The van der Waals surface area contributed by atoms with Crippen LogP contribution in [0.15, 0.2) is 115 Å². The van der Waals surface area contributed by atoms with Crippen molar-refractivity contribution in [3.05, 3.63) is 143 Å². The lowest BCUT2D eigenvalue weighted by molar-refractivity contribution is -0.317. The highest BCUT2D eigenvalue weighted by atomic mass is 16.7. The summed E-state index contributed by atoms with van der Waals surface area (Å²) < 4.78 is 31.6. The average molecular weight is 539 g/mol. The maximum atomic E-state index is 11.1. The van der Waals surface area contributed by atoms with E-state index < -0.39 is 36.3 Å². The van der Waals surface area contributed by atoms with E-state index >= 15 is 0 Å². The van der Waals surface area contributed by atoms with E-state index in [0.717, 1.165) is 27.8 Å². The molecular weight excluding hydrogens is 504 g/mol. The Morgan fingerprint density at radius 3 is 1.60 bits per heavy atom. The minimum atomic E-state index is -1.02. The van der Waals surface area contributed by atoms with Gasteiger partial charge in [-0.25, -0.2) is 0 Å². The molecule has 6 rings (SSSR count). The first-order valence-corrected chi connectivity index (χ1v) is 13.7. The predicted octanol–water partition coefficient (Wildman–Crippen LogP) is 5.21. The lowest BCUT2D eigenvalue weighted by Crippen LogP contribution is -2.61. The fourth-order valence-corrected chi connectivity index (χ4v) is 5.80. The van der Waals surface area contributed by atoms with E-state index in [1.165, 1.54) is 7.11 Å². The van der Waals surface area contributed by atoms with Gasteiger partial charge in [-0.05, 0) is 27.8 Å². The number of aliphatic hydroxyl groups is 1. The smallest absolute Gasteiger partial charge is 0.186 e. The van der Waals surface area contributed by atoms with Gasteiger partial charge in [0.25, 0.3) is 0 Å². The van der Waals surface area contributed by atoms with Gasteiger partial charge in [0.15, 0.2) is 6.29 Å². The van der Waals surface area contributed by atoms with Crippen molar-refractivity contribution in [3.8, 4) is 0 Å². The molecule has 2 heterocycles. The fourth-order valence-electron chi connectivity index (χ4n) is 5.80. The van der Waals surface area contributed by atoms with Crippen LogP contribution in [0.25, 0.3) is 0 Å². The zero-order valence-corrected chi connectivity index (χ0v) is 22.5. The molecule has 0 bridgehead atoms. The molecule has 2 aliphatic rings. The molecule has 0 radical (unpaired) electrons. The second kappa shape index (κ2) is 12.0. The molecule has 6 heteroatoms. The summed E-state index contributed by atoms with van der Waals surface area (Å²) in [6.07, 6.45) is -3.69. The van der Waals surface area contributed by atoms with Crippen LogP contribution >= 0.6 is 0 Å². The zero-order chi connectivity index (χ0) is 27.4. The van der Waals surface area contributed by atoms with Crippen molar-refractivity contribution in [2.45, 2.75) is 49.5 Å². The second-order valence-corrected chi connectivity index (χ2v) is 10.2. The fraction of sp³-hybridized carbons (Fsp3) is 0.294. The molecule has 4 aromatic rings. The van der Waals surface area contributed by atoms with Crippen LogP contribution in [0.1, 0.15) is 27.8 Å². The van der Waals surface area contributed by atoms with E-state index in [1.54, 1.807) is 0 Å². The molecule has 0 amide bonds. The van der Waals surface area contributed by atoms with Crippen molar-refractivity contribution in [1.29, 1.82) is 0 Å². The zero-order valence-electron chi connectivity index (χ0n) is 22.5. The summed E-state index contributed by atoms with van der Waals surface area (Å²) in [6.45, 7) is 0.910. The van der Waals surface area contributed by atoms with Gasteiger partial charge in [-0.2, -0.15) is 0 Å². The third-order valence-electron chi connectivity index (χ3n) is 7.83. The highest BCUT2D eigenvalue weighted by molar-refractivity contribution is 5.47. The van der Waals surface area contributed by atoms with Gasteiger partial charge in [-0.1, -0.05) is 115 Å². The summed E-state index contributed by atoms with van der Waals surface area (Å²) in [5.41, 5.74) is 4.15. The van der Waals surface area contributed by atoms with E-state index in [2.05, 4.69) is 36.4 Å². The van der Waals surface area contributed by atoms with E-state index in [1.807, 2.05) is 78.9 Å². The standard InChI is InChI=1S/C34H34O6/c1-36-33-30(35)32-31(37-21-24-13-11-12-14-25(24)22-38-32)29(40-33)23-39-34(26-15-5-2-6-16-26,27-17-7-3-8-18-27)28-19-9-4-10-20-28/h2-20,29-33,35H,21-23H2,1H3/t29-,30-,31-,32-,33-/m1/s1. The normalized spacial score (nSPS) is 24.8. The molecule has 0 aliphatic carbocycles. The molecule has 4 aromatic carbocycles. The van der Waals surface area contributed by atoms with Crippen molar-refractivity contribution in [1.82, 2.24) is 0 Å². The lowest BCUT2D eigenvalue weighted by atomic mass is 9.80. The molecule has 0 unspecified atom stereocenters. The summed E-state index contributed by atoms with van der Waals surface area (Å²) in [5.74, 6) is 0.